The maximum Gasteiger partial charge on any atom is 0.178 e. The number of aliphatic hydroxyl groups excluding tert-OH is 1. The zero-order chi connectivity index (χ0) is 14.1. The molecule has 1 saturated carbocycles. The summed E-state index contributed by atoms with van der Waals surface area (Å²) in [5.74, 6) is 0.205. The average Bonchev–Trinajstić information content (AvgIpc) is 2.72. The fourth-order valence-electron chi connectivity index (χ4n) is 2.90. The predicted octanol–water partition coefficient (Wildman–Crippen LogP) is 2.57. The van der Waals surface area contributed by atoms with E-state index in [1.165, 1.54) is 0 Å². The number of aliphatic hydroxyl groups is 1. The molecule has 0 aliphatic heterocycles. The molecule has 1 N–H and O–H groups in total. The van der Waals surface area contributed by atoms with Gasteiger partial charge in [0, 0.05) is 6.61 Å². The molecule has 1 fully saturated rings. The minimum absolute atomic E-state index is 0.0591. The molecule has 1 aromatic carbocycles. The van der Waals surface area contributed by atoms with Crippen LogP contribution in [0.15, 0.2) is 29.2 Å². The first kappa shape index (κ1) is 14.5. The molecule has 106 valence electrons. The lowest BCUT2D eigenvalue weighted by Crippen LogP contribution is -2.31. The van der Waals surface area contributed by atoms with Crippen LogP contribution >= 0.6 is 0 Å². The maximum atomic E-state index is 12.4. The number of rotatable bonds is 4. The van der Waals surface area contributed by atoms with Gasteiger partial charge >= 0.3 is 0 Å². The minimum Gasteiger partial charge on any atom is -0.396 e. The largest absolute Gasteiger partial charge is 0.396 e. The van der Waals surface area contributed by atoms with E-state index in [1.54, 1.807) is 12.1 Å². The van der Waals surface area contributed by atoms with Crippen molar-refractivity contribution >= 4 is 9.84 Å². The van der Waals surface area contributed by atoms with Crippen LogP contribution in [0, 0.1) is 18.3 Å². The first-order valence-electron chi connectivity index (χ1n) is 6.78. The third-order valence-corrected chi connectivity index (χ3v) is 6.28. The van der Waals surface area contributed by atoms with Crippen LogP contribution in [0.3, 0.4) is 0 Å². The van der Waals surface area contributed by atoms with Crippen LogP contribution in [-0.2, 0) is 9.84 Å². The highest BCUT2D eigenvalue weighted by molar-refractivity contribution is 7.91. The van der Waals surface area contributed by atoms with E-state index in [-0.39, 0.29) is 23.7 Å². The standard InChI is InChI=1S/C15H22O3S/c1-12-5-7-14(8-6-12)19(17,18)10-13-4-3-9-15(13,2)11-16/h5-8,13,16H,3-4,9-11H2,1-2H3/t13-,15+/m1/s1. The Morgan fingerprint density at radius 2 is 1.95 bits per heavy atom. The van der Waals surface area contributed by atoms with E-state index in [0.717, 1.165) is 24.8 Å². The van der Waals surface area contributed by atoms with Crippen LogP contribution in [0.25, 0.3) is 0 Å². The van der Waals surface area contributed by atoms with Crippen molar-refractivity contribution in [2.45, 2.75) is 38.0 Å². The molecule has 1 aromatic rings. The lowest BCUT2D eigenvalue weighted by Gasteiger charge is -2.29. The van der Waals surface area contributed by atoms with Crippen molar-refractivity contribution < 1.29 is 13.5 Å². The molecule has 0 bridgehead atoms. The van der Waals surface area contributed by atoms with E-state index in [4.69, 9.17) is 0 Å². The second kappa shape index (κ2) is 5.25. The third kappa shape index (κ3) is 3.00. The summed E-state index contributed by atoms with van der Waals surface area (Å²) in [5, 5.41) is 9.50. The van der Waals surface area contributed by atoms with Gasteiger partial charge in [0.25, 0.3) is 0 Å². The third-order valence-electron chi connectivity index (χ3n) is 4.45. The Hall–Kier alpha value is -0.870. The first-order valence-corrected chi connectivity index (χ1v) is 8.43. The van der Waals surface area contributed by atoms with Crippen molar-refractivity contribution in [2.24, 2.45) is 11.3 Å². The van der Waals surface area contributed by atoms with Gasteiger partial charge in [-0.05, 0) is 43.2 Å². The summed E-state index contributed by atoms with van der Waals surface area (Å²) in [6, 6.07) is 7.01. The van der Waals surface area contributed by atoms with Gasteiger partial charge in [0.05, 0.1) is 10.6 Å². The van der Waals surface area contributed by atoms with Gasteiger partial charge in [-0.25, -0.2) is 8.42 Å². The second-order valence-electron chi connectivity index (χ2n) is 6.00. The number of sulfone groups is 1. The second-order valence-corrected chi connectivity index (χ2v) is 8.03. The Labute approximate surface area is 115 Å². The fourth-order valence-corrected chi connectivity index (χ4v) is 4.75. The van der Waals surface area contributed by atoms with Crippen LogP contribution in [0.5, 0.6) is 0 Å². The van der Waals surface area contributed by atoms with Gasteiger partial charge in [0.2, 0.25) is 0 Å². The van der Waals surface area contributed by atoms with Crippen molar-refractivity contribution in [1.29, 1.82) is 0 Å². The highest BCUT2D eigenvalue weighted by atomic mass is 32.2. The van der Waals surface area contributed by atoms with Crippen LogP contribution in [0.2, 0.25) is 0 Å². The van der Waals surface area contributed by atoms with E-state index in [9.17, 15) is 13.5 Å². The van der Waals surface area contributed by atoms with Crippen molar-refractivity contribution in [3.63, 3.8) is 0 Å². The summed E-state index contributed by atoms with van der Waals surface area (Å²) in [4.78, 5) is 0.394. The van der Waals surface area contributed by atoms with Gasteiger partial charge in [0.15, 0.2) is 9.84 Å². The Kier molecular flexibility index (Phi) is 4.02. The summed E-state index contributed by atoms with van der Waals surface area (Å²) < 4.78 is 24.8. The molecule has 2 rings (SSSR count). The molecule has 0 unspecified atom stereocenters. The quantitative estimate of drug-likeness (QED) is 0.923. The molecule has 0 aromatic heterocycles. The van der Waals surface area contributed by atoms with Gasteiger partial charge < -0.3 is 5.11 Å². The summed E-state index contributed by atoms with van der Waals surface area (Å²) >= 11 is 0. The van der Waals surface area contributed by atoms with Crippen molar-refractivity contribution in [1.82, 2.24) is 0 Å². The Morgan fingerprint density at radius 1 is 1.32 bits per heavy atom. The number of hydrogen-bond acceptors (Lipinski definition) is 3. The fraction of sp³-hybridized carbons (Fsp3) is 0.600. The van der Waals surface area contributed by atoms with Gasteiger partial charge in [-0.3, -0.25) is 0 Å². The lowest BCUT2D eigenvalue weighted by molar-refractivity contribution is 0.111. The average molecular weight is 282 g/mol. The molecule has 2 atom stereocenters. The predicted molar refractivity (Wildman–Crippen MR) is 75.8 cm³/mol. The zero-order valence-electron chi connectivity index (χ0n) is 11.6. The smallest absolute Gasteiger partial charge is 0.178 e. The van der Waals surface area contributed by atoms with Crippen LogP contribution < -0.4 is 0 Å². The van der Waals surface area contributed by atoms with Crippen LogP contribution in [0.4, 0.5) is 0 Å². The Balaban J connectivity index is 2.20. The molecule has 0 amide bonds. The van der Waals surface area contributed by atoms with Crippen molar-refractivity contribution in [3.05, 3.63) is 29.8 Å². The topological polar surface area (TPSA) is 54.4 Å². The van der Waals surface area contributed by atoms with Gasteiger partial charge in [-0.2, -0.15) is 0 Å². The van der Waals surface area contributed by atoms with Crippen molar-refractivity contribution in [2.75, 3.05) is 12.4 Å². The number of benzene rings is 1. The van der Waals surface area contributed by atoms with Gasteiger partial charge in [0.1, 0.15) is 0 Å². The SMILES string of the molecule is Cc1ccc(S(=O)(=O)C[C@H]2CCC[C@@]2(C)CO)cc1. The summed E-state index contributed by atoms with van der Waals surface area (Å²) in [6.07, 6.45) is 2.81. The molecule has 19 heavy (non-hydrogen) atoms. The first-order chi connectivity index (χ1) is 8.87. The van der Waals surface area contributed by atoms with E-state index < -0.39 is 9.84 Å². The van der Waals surface area contributed by atoms with E-state index in [2.05, 4.69) is 0 Å². The summed E-state index contributed by atoms with van der Waals surface area (Å²) in [5.41, 5.74) is 0.817. The highest BCUT2D eigenvalue weighted by Crippen LogP contribution is 2.43. The summed E-state index contributed by atoms with van der Waals surface area (Å²) in [6.45, 7) is 4.01. The molecule has 1 aliphatic rings. The van der Waals surface area contributed by atoms with E-state index in [0.29, 0.717) is 4.90 Å². The van der Waals surface area contributed by atoms with Gasteiger partial charge in [-0.15, -0.1) is 0 Å². The Bertz CT molecular complexity index is 533. The molecule has 3 nitrogen and oxygen atoms in total. The number of aryl methyl sites for hydroxylation is 1. The maximum absolute atomic E-state index is 12.4. The molecule has 0 saturated heterocycles. The number of hydrogen-bond donors (Lipinski definition) is 1. The van der Waals surface area contributed by atoms with Crippen LogP contribution in [-0.4, -0.2) is 25.9 Å². The lowest BCUT2D eigenvalue weighted by atomic mass is 9.82. The minimum atomic E-state index is -3.25. The van der Waals surface area contributed by atoms with E-state index in [1.807, 2.05) is 26.0 Å². The monoisotopic (exact) mass is 282 g/mol. The zero-order valence-corrected chi connectivity index (χ0v) is 12.4. The van der Waals surface area contributed by atoms with Crippen LogP contribution in [0.1, 0.15) is 31.7 Å². The Morgan fingerprint density at radius 3 is 2.53 bits per heavy atom. The molecule has 0 heterocycles. The van der Waals surface area contributed by atoms with Crippen molar-refractivity contribution in [3.8, 4) is 0 Å². The molecular weight excluding hydrogens is 260 g/mol. The summed E-state index contributed by atoms with van der Waals surface area (Å²) in [7, 11) is -3.25. The normalized spacial score (nSPS) is 27.6. The molecular formula is C15H22O3S. The molecule has 1 aliphatic carbocycles. The highest BCUT2D eigenvalue weighted by Gasteiger charge is 2.40. The molecule has 0 spiro atoms. The van der Waals surface area contributed by atoms with E-state index >= 15 is 0 Å². The molecule has 4 heteroatoms. The van der Waals surface area contributed by atoms with Gasteiger partial charge in [-0.1, -0.05) is 31.0 Å². The molecule has 0 radical (unpaired) electrons.